The monoisotopic (exact) mass is 229 g/mol. The lowest BCUT2D eigenvalue weighted by Gasteiger charge is -2.16. The summed E-state index contributed by atoms with van der Waals surface area (Å²) in [5.74, 6) is 2.00. The number of benzene rings is 1. The average Bonchev–Trinajstić information content (AvgIpc) is 2.98. The number of aromatic amines is 1. The van der Waals surface area contributed by atoms with Gasteiger partial charge in [0.1, 0.15) is 5.82 Å². The summed E-state index contributed by atoms with van der Waals surface area (Å²) in [4.78, 5) is 4.42. The fraction of sp³-hybridized carbons (Fsp3) is 0.385. The molecule has 1 aromatic heterocycles. The van der Waals surface area contributed by atoms with Gasteiger partial charge < -0.3 is 4.74 Å². The maximum absolute atomic E-state index is 5.82. The Morgan fingerprint density at radius 2 is 2.12 bits per heavy atom. The summed E-state index contributed by atoms with van der Waals surface area (Å²) < 4.78 is 5.82. The minimum Gasteiger partial charge on any atom is -0.373 e. The van der Waals surface area contributed by atoms with E-state index in [4.69, 9.17) is 4.74 Å². The third-order valence-corrected chi connectivity index (χ3v) is 3.17. The molecule has 3 rings (SSSR count). The van der Waals surface area contributed by atoms with Gasteiger partial charge >= 0.3 is 0 Å². The normalized spacial score (nSPS) is 24.1. The smallest absolute Gasteiger partial charge is 0.156 e. The molecule has 4 heteroatoms. The van der Waals surface area contributed by atoms with Gasteiger partial charge in [0.15, 0.2) is 5.82 Å². The zero-order valence-electron chi connectivity index (χ0n) is 9.76. The summed E-state index contributed by atoms with van der Waals surface area (Å²) in [5.41, 5.74) is 1.21. The lowest BCUT2D eigenvalue weighted by atomic mass is 9.95. The first-order chi connectivity index (χ1) is 8.34. The summed E-state index contributed by atoms with van der Waals surface area (Å²) in [6, 6.07) is 10.3. The van der Waals surface area contributed by atoms with E-state index in [9.17, 15) is 0 Å². The largest absolute Gasteiger partial charge is 0.373 e. The zero-order chi connectivity index (χ0) is 11.7. The Labute approximate surface area is 100 Å². The van der Waals surface area contributed by atoms with Crippen LogP contribution >= 0.6 is 0 Å². The summed E-state index contributed by atoms with van der Waals surface area (Å²) >= 11 is 0. The van der Waals surface area contributed by atoms with E-state index in [1.807, 2.05) is 25.1 Å². The van der Waals surface area contributed by atoms with E-state index in [0.29, 0.717) is 0 Å². The minimum atomic E-state index is 0.0893. The molecule has 4 nitrogen and oxygen atoms in total. The molecule has 88 valence electrons. The molecule has 1 aromatic carbocycles. The Balaban J connectivity index is 1.90. The molecule has 0 spiro atoms. The van der Waals surface area contributed by atoms with Crippen molar-refractivity contribution in [1.82, 2.24) is 15.2 Å². The number of hydrogen-bond acceptors (Lipinski definition) is 3. The molecule has 0 radical (unpaired) electrons. The van der Waals surface area contributed by atoms with E-state index in [2.05, 4.69) is 27.3 Å². The Morgan fingerprint density at radius 1 is 1.29 bits per heavy atom. The number of aryl methyl sites for hydroxylation is 1. The number of H-pyrrole nitrogens is 1. The van der Waals surface area contributed by atoms with E-state index in [-0.39, 0.29) is 12.0 Å². The average molecular weight is 229 g/mol. The molecule has 2 atom stereocenters. The van der Waals surface area contributed by atoms with E-state index >= 15 is 0 Å². The number of aromatic nitrogens is 3. The lowest BCUT2D eigenvalue weighted by Crippen LogP contribution is -2.07. The minimum absolute atomic E-state index is 0.0893. The highest BCUT2D eigenvalue weighted by Gasteiger charge is 2.33. The molecular weight excluding hydrogens is 214 g/mol. The molecule has 0 saturated carbocycles. The van der Waals surface area contributed by atoms with Crippen LogP contribution in [0.3, 0.4) is 0 Å². The van der Waals surface area contributed by atoms with E-state index in [0.717, 1.165) is 24.7 Å². The third kappa shape index (κ3) is 1.96. The number of hydrogen-bond donors (Lipinski definition) is 1. The van der Waals surface area contributed by atoms with Gasteiger partial charge in [0, 0.05) is 6.61 Å². The number of nitrogens with zero attached hydrogens (tertiary/aromatic N) is 2. The van der Waals surface area contributed by atoms with Crippen LogP contribution < -0.4 is 0 Å². The number of ether oxygens (including phenoxy) is 1. The lowest BCUT2D eigenvalue weighted by molar-refractivity contribution is 0.103. The molecule has 0 amide bonds. The van der Waals surface area contributed by atoms with Gasteiger partial charge in [-0.2, -0.15) is 5.10 Å². The Bertz CT molecular complexity index is 494. The van der Waals surface area contributed by atoms with Gasteiger partial charge in [-0.1, -0.05) is 30.3 Å². The van der Waals surface area contributed by atoms with Crippen molar-refractivity contribution in [2.45, 2.75) is 25.4 Å². The van der Waals surface area contributed by atoms with Crippen molar-refractivity contribution in [2.75, 3.05) is 6.61 Å². The van der Waals surface area contributed by atoms with E-state index in [1.54, 1.807) is 0 Å². The van der Waals surface area contributed by atoms with Gasteiger partial charge in [0.25, 0.3) is 0 Å². The zero-order valence-corrected chi connectivity index (χ0v) is 9.76. The second-order valence-electron chi connectivity index (χ2n) is 4.38. The highest BCUT2D eigenvalue weighted by atomic mass is 16.5. The van der Waals surface area contributed by atoms with Crippen LogP contribution in [0, 0.1) is 6.92 Å². The predicted octanol–water partition coefficient (Wildman–Crippen LogP) is 2.36. The molecule has 2 aromatic rings. The second kappa shape index (κ2) is 4.30. The maximum atomic E-state index is 5.82. The molecule has 1 aliphatic heterocycles. The Kier molecular flexibility index (Phi) is 2.65. The van der Waals surface area contributed by atoms with Gasteiger partial charge in [-0.3, -0.25) is 5.10 Å². The first kappa shape index (κ1) is 10.5. The molecule has 0 bridgehead atoms. The number of rotatable bonds is 2. The summed E-state index contributed by atoms with van der Waals surface area (Å²) in [6.45, 7) is 2.70. The van der Waals surface area contributed by atoms with Crippen molar-refractivity contribution < 1.29 is 4.74 Å². The fourth-order valence-electron chi connectivity index (χ4n) is 2.35. The van der Waals surface area contributed by atoms with Crippen molar-refractivity contribution in [3.05, 3.63) is 47.5 Å². The summed E-state index contributed by atoms with van der Waals surface area (Å²) in [5, 5.41) is 7.16. The predicted molar refractivity (Wildman–Crippen MR) is 63.6 cm³/mol. The van der Waals surface area contributed by atoms with E-state index in [1.165, 1.54) is 5.56 Å². The van der Waals surface area contributed by atoms with Crippen LogP contribution in [0.1, 0.15) is 35.7 Å². The topological polar surface area (TPSA) is 50.8 Å². The van der Waals surface area contributed by atoms with Gasteiger partial charge in [0.2, 0.25) is 0 Å². The van der Waals surface area contributed by atoms with Crippen LogP contribution in [0.4, 0.5) is 0 Å². The maximum Gasteiger partial charge on any atom is 0.156 e. The van der Waals surface area contributed by atoms with Crippen molar-refractivity contribution in [3.8, 4) is 0 Å². The van der Waals surface area contributed by atoms with Gasteiger partial charge in [-0.15, -0.1) is 0 Å². The highest BCUT2D eigenvalue weighted by Crippen LogP contribution is 2.39. The molecule has 2 heterocycles. The summed E-state index contributed by atoms with van der Waals surface area (Å²) in [6.07, 6.45) is 1.07. The van der Waals surface area contributed by atoms with Crippen LogP contribution in [0.25, 0.3) is 0 Å². The number of nitrogens with one attached hydrogen (secondary N) is 1. The quantitative estimate of drug-likeness (QED) is 0.860. The van der Waals surface area contributed by atoms with Crippen LogP contribution in [-0.4, -0.2) is 21.8 Å². The SMILES string of the molecule is Cc1nc([C@@H]2CCO[C@H]2c2ccccc2)n[nH]1. The molecule has 1 saturated heterocycles. The second-order valence-corrected chi connectivity index (χ2v) is 4.38. The molecular formula is C13H15N3O. The molecule has 1 fully saturated rings. The van der Waals surface area contributed by atoms with Gasteiger partial charge in [0.05, 0.1) is 12.0 Å². The van der Waals surface area contributed by atoms with Crippen molar-refractivity contribution in [1.29, 1.82) is 0 Å². The van der Waals surface area contributed by atoms with Crippen molar-refractivity contribution in [2.24, 2.45) is 0 Å². The fourth-order valence-corrected chi connectivity index (χ4v) is 2.35. The Morgan fingerprint density at radius 3 is 2.82 bits per heavy atom. The third-order valence-electron chi connectivity index (χ3n) is 3.17. The van der Waals surface area contributed by atoms with Crippen molar-refractivity contribution >= 4 is 0 Å². The van der Waals surface area contributed by atoms with Crippen LogP contribution in [-0.2, 0) is 4.74 Å². The molecule has 1 N–H and O–H groups in total. The van der Waals surface area contributed by atoms with E-state index < -0.39 is 0 Å². The standard InChI is InChI=1S/C13H15N3O/c1-9-14-13(16-15-9)11-7-8-17-12(11)10-5-3-2-4-6-10/h2-6,11-12H,7-8H2,1H3,(H,14,15,16)/t11-,12+/m1/s1. The molecule has 1 aliphatic rings. The van der Waals surface area contributed by atoms with Crippen molar-refractivity contribution in [3.63, 3.8) is 0 Å². The molecule has 17 heavy (non-hydrogen) atoms. The van der Waals surface area contributed by atoms with Crippen LogP contribution in [0.15, 0.2) is 30.3 Å². The van der Waals surface area contributed by atoms with Gasteiger partial charge in [-0.25, -0.2) is 4.98 Å². The first-order valence-electron chi connectivity index (χ1n) is 5.90. The van der Waals surface area contributed by atoms with Crippen LogP contribution in [0.2, 0.25) is 0 Å². The highest BCUT2D eigenvalue weighted by molar-refractivity contribution is 5.22. The first-order valence-corrected chi connectivity index (χ1v) is 5.90. The Hall–Kier alpha value is -1.68. The molecule has 0 unspecified atom stereocenters. The van der Waals surface area contributed by atoms with Crippen LogP contribution in [0.5, 0.6) is 0 Å². The van der Waals surface area contributed by atoms with Gasteiger partial charge in [-0.05, 0) is 18.9 Å². The summed E-state index contributed by atoms with van der Waals surface area (Å²) in [7, 11) is 0. The molecule has 0 aliphatic carbocycles.